The Labute approximate surface area is 214 Å². The number of carbonyl (C=O) groups excluding carboxylic acids is 1. The molecule has 7 heteroatoms. The molecule has 2 N–H and O–H groups in total. The van der Waals surface area contributed by atoms with Crippen LogP contribution < -0.4 is 0 Å². The summed E-state index contributed by atoms with van der Waals surface area (Å²) in [6.45, 7) is 2.40. The van der Waals surface area contributed by atoms with Crippen LogP contribution in [0.25, 0.3) is 0 Å². The van der Waals surface area contributed by atoms with Gasteiger partial charge in [0.25, 0.3) is 0 Å². The highest BCUT2D eigenvalue weighted by Gasteiger charge is 2.30. The maximum atomic E-state index is 11.8. The van der Waals surface area contributed by atoms with Crippen LogP contribution in [0.3, 0.4) is 0 Å². The molecule has 0 rings (SSSR count). The second kappa shape index (κ2) is 21.8. The predicted molar refractivity (Wildman–Crippen MR) is 141 cm³/mol. The Hall–Kier alpha value is -1.44. The molecule has 0 aliphatic rings. The normalized spacial score (nSPS) is 13.7. The lowest BCUT2D eigenvalue weighted by molar-refractivity contribution is -0.887. The summed E-state index contributed by atoms with van der Waals surface area (Å²) in [4.78, 5) is 23.2. The molecule has 0 aliphatic heterocycles. The fourth-order valence-electron chi connectivity index (χ4n) is 3.91. The fourth-order valence-corrected chi connectivity index (χ4v) is 3.91. The van der Waals surface area contributed by atoms with E-state index in [9.17, 15) is 19.8 Å². The molecule has 35 heavy (non-hydrogen) atoms. The zero-order valence-corrected chi connectivity index (χ0v) is 23.0. The molecule has 7 nitrogen and oxygen atoms in total. The maximum Gasteiger partial charge on any atom is 0.362 e. The summed E-state index contributed by atoms with van der Waals surface area (Å²) in [5.41, 5.74) is 0. The first-order chi connectivity index (χ1) is 16.7. The van der Waals surface area contributed by atoms with Gasteiger partial charge in [-0.15, -0.1) is 0 Å². The van der Waals surface area contributed by atoms with Crippen molar-refractivity contribution in [3.63, 3.8) is 0 Å². The summed E-state index contributed by atoms with van der Waals surface area (Å²) >= 11 is 0. The Morgan fingerprint density at radius 1 is 0.829 bits per heavy atom. The van der Waals surface area contributed by atoms with E-state index in [0.29, 0.717) is 17.3 Å². The number of nitrogens with zero attached hydrogens (tertiary/aromatic N) is 1. The first-order valence-corrected chi connectivity index (χ1v) is 13.8. The summed E-state index contributed by atoms with van der Waals surface area (Å²) in [7, 11) is 5.47. The minimum absolute atomic E-state index is 0.0180. The van der Waals surface area contributed by atoms with E-state index in [2.05, 4.69) is 19.1 Å². The molecule has 2 atom stereocenters. The summed E-state index contributed by atoms with van der Waals surface area (Å²) in [6, 6.07) is -0.573. The first-order valence-electron chi connectivity index (χ1n) is 13.8. The molecule has 0 aromatic heterocycles. The molecule has 0 aromatic rings. The summed E-state index contributed by atoms with van der Waals surface area (Å²) < 4.78 is 10.8. The highest BCUT2D eigenvalue weighted by Crippen LogP contribution is 2.11. The number of aliphatic hydroxyl groups is 1. The Balaban J connectivity index is 3.57. The van der Waals surface area contributed by atoms with Crippen LogP contribution in [0.2, 0.25) is 0 Å². The minimum Gasteiger partial charge on any atom is -0.477 e. The molecule has 0 spiro atoms. The lowest BCUT2D eigenvalue weighted by atomic mass is 10.1. The topological polar surface area (TPSA) is 93.1 Å². The highest BCUT2D eigenvalue weighted by molar-refractivity contribution is 5.72. The van der Waals surface area contributed by atoms with Gasteiger partial charge in [0.05, 0.1) is 34.4 Å². The smallest absolute Gasteiger partial charge is 0.362 e. The molecular weight excluding hydrogens is 446 g/mol. The number of hydrogen-bond donors (Lipinski definition) is 2. The van der Waals surface area contributed by atoms with Gasteiger partial charge in [-0.25, -0.2) is 4.79 Å². The van der Waals surface area contributed by atoms with Gasteiger partial charge in [0.2, 0.25) is 0 Å². The number of unbranched alkanes of at least 4 members (excludes halogenated alkanes) is 11. The summed E-state index contributed by atoms with van der Waals surface area (Å²) in [5.74, 6) is -1.16. The number of ether oxygens (including phenoxy) is 2. The number of esters is 1. The second-order valence-electron chi connectivity index (χ2n) is 10.5. The summed E-state index contributed by atoms with van der Waals surface area (Å²) in [5, 5.41) is 19.2. The minimum atomic E-state index is -0.902. The maximum absolute atomic E-state index is 11.8. The zero-order valence-electron chi connectivity index (χ0n) is 23.0. The van der Waals surface area contributed by atoms with Crippen molar-refractivity contribution in [2.75, 3.05) is 41.0 Å². The van der Waals surface area contributed by atoms with E-state index in [4.69, 9.17) is 9.47 Å². The predicted octanol–water partition coefficient (Wildman–Crippen LogP) is 5.49. The molecule has 2 unspecified atom stereocenters. The first kappa shape index (κ1) is 33.6. The van der Waals surface area contributed by atoms with Crippen molar-refractivity contribution in [2.24, 2.45) is 0 Å². The van der Waals surface area contributed by atoms with Crippen LogP contribution >= 0.6 is 0 Å². The molecule has 0 radical (unpaired) electrons. The van der Waals surface area contributed by atoms with E-state index >= 15 is 0 Å². The van der Waals surface area contributed by atoms with Gasteiger partial charge in [-0.1, -0.05) is 70.4 Å². The van der Waals surface area contributed by atoms with Crippen molar-refractivity contribution in [1.82, 2.24) is 0 Å². The van der Waals surface area contributed by atoms with Gasteiger partial charge in [-0.05, 0) is 32.1 Å². The van der Waals surface area contributed by atoms with Crippen LogP contribution in [-0.4, -0.2) is 79.7 Å². The average molecular weight is 501 g/mol. The molecule has 0 amide bonds. The number of carboxylic acids is 1. The highest BCUT2D eigenvalue weighted by atomic mass is 16.5. The van der Waals surface area contributed by atoms with Crippen LogP contribution in [0.4, 0.5) is 0 Å². The van der Waals surface area contributed by atoms with Crippen molar-refractivity contribution < 1.29 is 33.8 Å². The molecule has 0 bridgehead atoms. The van der Waals surface area contributed by atoms with Crippen LogP contribution in [0.1, 0.15) is 103 Å². The van der Waals surface area contributed by atoms with Gasteiger partial charge in [-0.3, -0.25) is 4.79 Å². The van der Waals surface area contributed by atoms with E-state index in [-0.39, 0.29) is 25.8 Å². The molecule has 0 saturated heterocycles. The number of aliphatic hydroxyl groups excluding tert-OH is 1. The second-order valence-corrected chi connectivity index (χ2v) is 10.5. The summed E-state index contributed by atoms with van der Waals surface area (Å²) in [6.07, 6.45) is 20.2. The standard InChI is InChI=1S/C28H53NO6/c1-5-6-7-8-9-10-11-12-13-14-15-16-17-18-19-20-27(31)35-24-25(30)23-34-22-21-26(28(32)33)29(2,3)4/h12-13,25-26,30H,5-11,14-24H2,1-4H3/p+1/b13-12-. The van der Waals surface area contributed by atoms with Gasteiger partial charge < -0.3 is 24.2 Å². The number of rotatable bonds is 24. The zero-order chi connectivity index (χ0) is 26.4. The van der Waals surface area contributed by atoms with Crippen molar-refractivity contribution in [1.29, 1.82) is 0 Å². The number of quaternary nitrogens is 1. The van der Waals surface area contributed by atoms with Gasteiger partial charge in [-0.2, -0.15) is 0 Å². The monoisotopic (exact) mass is 500 g/mol. The lowest BCUT2D eigenvalue weighted by Crippen LogP contribution is -2.50. The van der Waals surface area contributed by atoms with Crippen LogP contribution in [-0.2, 0) is 19.1 Å². The molecule has 0 saturated carbocycles. The van der Waals surface area contributed by atoms with Gasteiger partial charge >= 0.3 is 11.9 Å². The van der Waals surface area contributed by atoms with E-state index in [1.54, 1.807) is 0 Å². The third-order valence-corrected chi connectivity index (χ3v) is 6.15. The Bertz CT molecular complexity index is 558. The van der Waals surface area contributed by atoms with E-state index in [1.807, 2.05) is 21.1 Å². The number of allylic oxidation sites excluding steroid dienone is 2. The van der Waals surface area contributed by atoms with Gasteiger partial charge in [0.15, 0.2) is 6.04 Å². The molecular formula is C28H54NO6+. The number of carboxylic acid groups (broad SMARTS) is 1. The number of likely N-dealkylation sites (N-methyl/N-ethyl adjacent to an activating group) is 1. The largest absolute Gasteiger partial charge is 0.477 e. The van der Waals surface area contributed by atoms with Crippen molar-refractivity contribution >= 4 is 11.9 Å². The SMILES string of the molecule is CCCCCCCC/C=C\CCCCCCCC(=O)OCC(O)COCCC(C(=O)O)[N+](C)(C)C. The molecule has 0 heterocycles. The van der Waals surface area contributed by atoms with E-state index in [0.717, 1.165) is 25.7 Å². The molecule has 206 valence electrons. The number of aliphatic carboxylic acids is 1. The van der Waals surface area contributed by atoms with Crippen molar-refractivity contribution in [3.8, 4) is 0 Å². The Kier molecular flexibility index (Phi) is 20.9. The van der Waals surface area contributed by atoms with E-state index in [1.165, 1.54) is 57.8 Å². The quantitative estimate of drug-likeness (QED) is 0.0787. The van der Waals surface area contributed by atoms with Crippen molar-refractivity contribution in [3.05, 3.63) is 12.2 Å². The molecule has 0 fully saturated rings. The van der Waals surface area contributed by atoms with Gasteiger partial charge in [0, 0.05) is 12.8 Å². The Morgan fingerprint density at radius 2 is 1.37 bits per heavy atom. The van der Waals surface area contributed by atoms with Crippen LogP contribution in [0.5, 0.6) is 0 Å². The van der Waals surface area contributed by atoms with Gasteiger partial charge in [0.1, 0.15) is 12.7 Å². The number of carbonyl (C=O) groups is 2. The molecule has 0 aliphatic carbocycles. The fraction of sp³-hybridized carbons (Fsp3) is 0.857. The van der Waals surface area contributed by atoms with Crippen LogP contribution in [0.15, 0.2) is 12.2 Å². The Morgan fingerprint density at radius 3 is 1.91 bits per heavy atom. The molecule has 0 aromatic carbocycles. The van der Waals surface area contributed by atoms with Crippen LogP contribution in [0, 0.1) is 0 Å². The third kappa shape index (κ3) is 21.6. The average Bonchev–Trinajstić information content (AvgIpc) is 2.79. The third-order valence-electron chi connectivity index (χ3n) is 6.15. The van der Waals surface area contributed by atoms with E-state index < -0.39 is 18.1 Å². The van der Waals surface area contributed by atoms with Crippen molar-refractivity contribution in [2.45, 2.75) is 115 Å². The number of hydrogen-bond acceptors (Lipinski definition) is 5. The lowest BCUT2D eigenvalue weighted by Gasteiger charge is -2.31.